The van der Waals surface area contributed by atoms with E-state index in [1.165, 1.54) is 48.7 Å². The maximum absolute atomic E-state index is 2.32. The van der Waals surface area contributed by atoms with Gasteiger partial charge in [-0.1, -0.05) is 92.7 Å². The highest BCUT2D eigenvalue weighted by atomic mass is 14.1. The maximum Gasteiger partial charge on any atom is -0.00705 e. The molecule has 5 aromatic rings. The summed E-state index contributed by atoms with van der Waals surface area (Å²) in [5, 5.41) is 10.8. The third-order valence-corrected chi connectivity index (χ3v) is 5.42. The second-order valence-electron chi connectivity index (χ2n) is 7.21. The van der Waals surface area contributed by atoms with Crippen molar-refractivity contribution in [3.8, 4) is 0 Å². The van der Waals surface area contributed by atoms with E-state index < -0.39 is 0 Å². The lowest BCUT2D eigenvalue weighted by Crippen LogP contribution is -1.91. The molecular weight excluding hydrogens is 300 g/mol. The van der Waals surface area contributed by atoms with Gasteiger partial charge in [0.15, 0.2) is 0 Å². The average Bonchev–Trinajstić information content (AvgIpc) is 2.66. The molecule has 0 aliphatic rings. The van der Waals surface area contributed by atoms with Gasteiger partial charge in [0.25, 0.3) is 0 Å². The number of fused-ring (bicyclic) bond motifs is 7. The number of benzene rings is 5. The first kappa shape index (κ1) is 14.5. The molecule has 0 unspecified atom stereocenters. The Morgan fingerprint density at radius 2 is 1.08 bits per heavy atom. The van der Waals surface area contributed by atoms with Crippen LogP contribution in [0.1, 0.15) is 25.3 Å². The highest BCUT2D eigenvalue weighted by Gasteiger charge is 2.11. The molecule has 0 amide bonds. The lowest BCUT2D eigenvalue weighted by atomic mass is 9.89. The molecule has 0 heteroatoms. The van der Waals surface area contributed by atoms with Crippen LogP contribution in [0.3, 0.4) is 0 Å². The summed E-state index contributed by atoms with van der Waals surface area (Å²) in [7, 11) is 0. The van der Waals surface area contributed by atoms with E-state index in [1.54, 1.807) is 0 Å². The summed E-state index contributed by atoms with van der Waals surface area (Å²) in [6.45, 7) is 4.56. The minimum absolute atomic E-state index is 0.515. The summed E-state index contributed by atoms with van der Waals surface area (Å²) in [6, 6.07) is 29.0. The van der Waals surface area contributed by atoms with Crippen LogP contribution in [0.2, 0.25) is 0 Å². The van der Waals surface area contributed by atoms with Crippen molar-refractivity contribution >= 4 is 43.1 Å². The summed E-state index contributed by atoms with van der Waals surface area (Å²) in [5.41, 5.74) is 1.43. The van der Waals surface area contributed by atoms with Crippen LogP contribution in [0, 0.1) is 0 Å². The van der Waals surface area contributed by atoms with Crippen molar-refractivity contribution in [2.45, 2.75) is 19.8 Å². The van der Waals surface area contributed by atoms with Gasteiger partial charge in [0, 0.05) is 0 Å². The van der Waals surface area contributed by atoms with Crippen molar-refractivity contribution in [2.24, 2.45) is 0 Å². The van der Waals surface area contributed by atoms with Gasteiger partial charge in [-0.3, -0.25) is 0 Å². The van der Waals surface area contributed by atoms with Crippen molar-refractivity contribution in [3.63, 3.8) is 0 Å². The predicted molar refractivity (Wildman–Crippen MR) is 111 cm³/mol. The van der Waals surface area contributed by atoms with Crippen molar-refractivity contribution in [1.29, 1.82) is 0 Å². The van der Waals surface area contributed by atoms with Gasteiger partial charge in [-0.25, -0.2) is 0 Å². The Bertz CT molecular complexity index is 1260. The van der Waals surface area contributed by atoms with Gasteiger partial charge in [-0.2, -0.15) is 0 Å². The molecule has 0 saturated heterocycles. The van der Waals surface area contributed by atoms with E-state index >= 15 is 0 Å². The fraction of sp³-hybridized carbons (Fsp3) is 0.120. The topological polar surface area (TPSA) is 0 Å². The Labute approximate surface area is 147 Å². The second-order valence-corrected chi connectivity index (χ2v) is 7.21. The van der Waals surface area contributed by atoms with Crippen molar-refractivity contribution in [2.75, 3.05) is 0 Å². The van der Waals surface area contributed by atoms with Gasteiger partial charge in [0.1, 0.15) is 0 Å². The molecule has 5 aromatic carbocycles. The van der Waals surface area contributed by atoms with Gasteiger partial charge in [-0.15, -0.1) is 0 Å². The molecule has 0 fully saturated rings. The lowest BCUT2D eigenvalue weighted by Gasteiger charge is -2.14. The van der Waals surface area contributed by atoms with Crippen LogP contribution in [0.5, 0.6) is 0 Å². The summed E-state index contributed by atoms with van der Waals surface area (Å²) < 4.78 is 0. The number of hydrogen-bond acceptors (Lipinski definition) is 0. The Morgan fingerprint density at radius 3 is 1.92 bits per heavy atom. The largest absolute Gasteiger partial charge is 0.0616 e. The van der Waals surface area contributed by atoms with E-state index in [0.29, 0.717) is 5.92 Å². The molecule has 5 rings (SSSR count). The molecular formula is C25H20. The van der Waals surface area contributed by atoms with Gasteiger partial charge in [-0.05, 0) is 54.6 Å². The SMILES string of the molecule is CC(C)c1cccc2ccc3c4ccc5ccccc5c4ccc3c12. The minimum Gasteiger partial charge on any atom is -0.0616 e. The first-order chi connectivity index (χ1) is 12.2. The van der Waals surface area contributed by atoms with Crippen LogP contribution in [0.15, 0.2) is 78.9 Å². The Hall–Kier alpha value is -2.86. The molecule has 0 atom stereocenters. The molecule has 0 spiro atoms. The van der Waals surface area contributed by atoms with Crippen LogP contribution in [0.25, 0.3) is 43.1 Å². The quantitative estimate of drug-likeness (QED) is 0.282. The Kier molecular flexibility index (Phi) is 3.08. The number of rotatable bonds is 1. The predicted octanol–water partition coefficient (Wildman–Crippen LogP) is 7.42. The number of hydrogen-bond donors (Lipinski definition) is 0. The minimum atomic E-state index is 0.515. The standard InChI is InChI=1S/C25H20/c1-16(2)19-9-5-7-18-11-13-23-22-12-10-17-6-3-4-8-20(17)21(22)14-15-24(23)25(18)19/h3-16H,1-2H3. The van der Waals surface area contributed by atoms with E-state index in [9.17, 15) is 0 Å². The molecule has 0 aliphatic carbocycles. The van der Waals surface area contributed by atoms with Crippen LogP contribution in [0.4, 0.5) is 0 Å². The van der Waals surface area contributed by atoms with E-state index in [2.05, 4.69) is 92.7 Å². The molecule has 0 heterocycles. The molecule has 120 valence electrons. The van der Waals surface area contributed by atoms with Crippen LogP contribution < -0.4 is 0 Å². The van der Waals surface area contributed by atoms with Gasteiger partial charge in [0.2, 0.25) is 0 Å². The fourth-order valence-corrected chi connectivity index (χ4v) is 4.20. The zero-order chi connectivity index (χ0) is 17.0. The first-order valence-electron chi connectivity index (χ1n) is 9.00. The van der Waals surface area contributed by atoms with Gasteiger partial charge >= 0.3 is 0 Å². The van der Waals surface area contributed by atoms with E-state index in [-0.39, 0.29) is 0 Å². The third kappa shape index (κ3) is 2.07. The molecule has 0 aliphatic heterocycles. The van der Waals surface area contributed by atoms with E-state index in [1.807, 2.05) is 0 Å². The molecule has 0 N–H and O–H groups in total. The average molecular weight is 320 g/mol. The Balaban J connectivity index is 2.00. The van der Waals surface area contributed by atoms with Crippen LogP contribution in [-0.2, 0) is 0 Å². The zero-order valence-corrected chi connectivity index (χ0v) is 14.6. The Morgan fingerprint density at radius 1 is 0.480 bits per heavy atom. The summed E-state index contributed by atoms with van der Waals surface area (Å²) >= 11 is 0. The second kappa shape index (κ2) is 5.32. The zero-order valence-electron chi connectivity index (χ0n) is 14.6. The molecule has 25 heavy (non-hydrogen) atoms. The molecule has 0 aromatic heterocycles. The molecule has 0 bridgehead atoms. The summed E-state index contributed by atoms with van der Waals surface area (Å²) in [4.78, 5) is 0. The van der Waals surface area contributed by atoms with E-state index in [4.69, 9.17) is 0 Å². The fourth-order valence-electron chi connectivity index (χ4n) is 4.20. The smallest absolute Gasteiger partial charge is 0.00705 e. The summed E-state index contributed by atoms with van der Waals surface area (Å²) in [5.74, 6) is 0.515. The molecule has 0 nitrogen and oxygen atoms in total. The first-order valence-corrected chi connectivity index (χ1v) is 9.00. The van der Waals surface area contributed by atoms with Gasteiger partial charge < -0.3 is 0 Å². The monoisotopic (exact) mass is 320 g/mol. The molecule has 0 saturated carbocycles. The third-order valence-electron chi connectivity index (χ3n) is 5.42. The van der Waals surface area contributed by atoms with E-state index in [0.717, 1.165) is 0 Å². The van der Waals surface area contributed by atoms with Crippen LogP contribution >= 0.6 is 0 Å². The lowest BCUT2D eigenvalue weighted by molar-refractivity contribution is 0.877. The van der Waals surface area contributed by atoms with Gasteiger partial charge in [0.05, 0.1) is 0 Å². The highest BCUT2D eigenvalue weighted by molar-refractivity contribution is 6.22. The maximum atomic E-state index is 2.32. The normalized spacial score (nSPS) is 12.0. The molecule has 0 radical (unpaired) electrons. The van der Waals surface area contributed by atoms with Crippen LogP contribution in [-0.4, -0.2) is 0 Å². The summed E-state index contributed by atoms with van der Waals surface area (Å²) in [6.07, 6.45) is 0. The highest BCUT2D eigenvalue weighted by Crippen LogP contribution is 2.37. The van der Waals surface area contributed by atoms with Crippen molar-refractivity contribution in [1.82, 2.24) is 0 Å². The van der Waals surface area contributed by atoms with Crippen molar-refractivity contribution in [3.05, 3.63) is 84.4 Å². The van der Waals surface area contributed by atoms with Crippen molar-refractivity contribution < 1.29 is 0 Å².